The molecule has 1 aromatic carbocycles. The number of hydrogen-bond donors (Lipinski definition) is 1. The van der Waals surface area contributed by atoms with Gasteiger partial charge in [-0.3, -0.25) is 0 Å². The molecule has 0 aliphatic heterocycles. The fourth-order valence-electron chi connectivity index (χ4n) is 1.64. The van der Waals surface area contributed by atoms with Gasteiger partial charge in [0.05, 0.1) is 6.10 Å². The van der Waals surface area contributed by atoms with E-state index in [1.54, 1.807) is 0 Å². The molecule has 1 rings (SSSR count). The van der Waals surface area contributed by atoms with Gasteiger partial charge in [-0.2, -0.15) is 0 Å². The Balaban J connectivity index is 2.69. The van der Waals surface area contributed by atoms with E-state index in [1.807, 2.05) is 6.07 Å². The van der Waals surface area contributed by atoms with Crippen molar-refractivity contribution in [3.8, 4) is 0 Å². The van der Waals surface area contributed by atoms with Crippen LogP contribution in [0.1, 0.15) is 26.3 Å². The lowest BCUT2D eigenvalue weighted by atomic mass is 10.1. The number of rotatable bonds is 5. The van der Waals surface area contributed by atoms with Crippen molar-refractivity contribution in [3.05, 3.63) is 35.9 Å². The Morgan fingerprint density at radius 1 is 1.17 bits per heavy atom. The Morgan fingerprint density at radius 2 is 1.72 bits per heavy atom. The van der Waals surface area contributed by atoms with Crippen LogP contribution in [0.2, 0.25) is 18.1 Å². The first-order valence-electron chi connectivity index (χ1n) is 6.68. The van der Waals surface area contributed by atoms with Crippen molar-refractivity contribution in [2.75, 3.05) is 6.54 Å². The zero-order valence-corrected chi connectivity index (χ0v) is 13.4. The molecule has 1 unspecified atom stereocenters. The standard InChI is InChI=1S/C15H27NOSi/c1-15(2,3)18(4,5)17-14(12-16)11-13-9-7-6-8-10-13/h6-10,14H,11-12,16H2,1-5H3. The predicted molar refractivity (Wildman–Crippen MR) is 81.3 cm³/mol. The van der Waals surface area contributed by atoms with Gasteiger partial charge >= 0.3 is 0 Å². The number of hydrogen-bond acceptors (Lipinski definition) is 2. The van der Waals surface area contributed by atoms with Crippen molar-refractivity contribution in [1.29, 1.82) is 0 Å². The quantitative estimate of drug-likeness (QED) is 0.826. The van der Waals surface area contributed by atoms with Gasteiger partial charge in [-0.25, -0.2) is 0 Å². The van der Waals surface area contributed by atoms with E-state index in [4.69, 9.17) is 10.2 Å². The molecule has 0 amide bonds. The SMILES string of the molecule is CC(C)(C)[Si](C)(C)OC(CN)Cc1ccccc1. The molecular weight excluding hydrogens is 238 g/mol. The molecule has 102 valence electrons. The Morgan fingerprint density at radius 3 is 2.17 bits per heavy atom. The van der Waals surface area contributed by atoms with Gasteiger partial charge in [0.25, 0.3) is 0 Å². The van der Waals surface area contributed by atoms with Crippen molar-refractivity contribution < 1.29 is 4.43 Å². The average molecular weight is 265 g/mol. The Bertz CT molecular complexity index is 357. The number of nitrogens with two attached hydrogens (primary N) is 1. The molecule has 1 aromatic rings. The van der Waals surface area contributed by atoms with Crippen molar-refractivity contribution >= 4 is 8.32 Å². The lowest BCUT2D eigenvalue weighted by Crippen LogP contribution is -2.46. The predicted octanol–water partition coefficient (Wildman–Crippen LogP) is 3.58. The molecule has 2 nitrogen and oxygen atoms in total. The highest BCUT2D eigenvalue weighted by atomic mass is 28.4. The summed E-state index contributed by atoms with van der Waals surface area (Å²) in [5.74, 6) is 0. The molecule has 0 radical (unpaired) electrons. The normalized spacial score (nSPS) is 14.6. The van der Waals surface area contributed by atoms with E-state index in [2.05, 4.69) is 58.1 Å². The summed E-state index contributed by atoms with van der Waals surface area (Å²) in [7, 11) is -1.72. The fraction of sp³-hybridized carbons (Fsp3) is 0.600. The molecule has 0 bridgehead atoms. The molecule has 1 atom stereocenters. The van der Waals surface area contributed by atoms with Gasteiger partial charge in [-0.1, -0.05) is 51.1 Å². The molecule has 2 N–H and O–H groups in total. The van der Waals surface area contributed by atoms with Crippen LogP contribution in [0.3, 0.4) is 0 Å². The van der Waals surface area contributed by atoms with Crippen LogP contribution < -0.4 is 5.73 Å². The zero-order chi connectivity index (χ0) is 13.8. The lowest BCUT2D eigenvalue weighted by molar-refractivity contribution is 0.188. The second-order valence-electron chi connectivity index (χ2n) is 6.43. The topological polar surface area (TPSA) is 35.2 Å². The number of benzene rings is 1. The summed E-state index contributed by atoms with van der Waals surface area (Å²) < 4.78 is 6.37. The third-order valence-corrected chi connectivity index (χ3v) is 8.37. The first-order chi connectivity index (χ1) is 8.26. The van der Waals surface area contributed by atoms with E-state index in [0.29, 0.717) is 6.54 Å². The van der Waals surface area contributed by atoms with E-state index in [1.165, 1.54) is 5.56 Å². The van der Waals surface area contributed by atoms with Crippen LogP contribution in [0, 0.1) is 0 Å². The largest absolute Gasteiger partial charge is 0.412 e. The molecule has 0 saturated carbocycles. The second kappa shape index (κ2) is 6.00. The van der Waals surface area contributed by atoms with Crippen LogP contribution in [0.15, 0.2) is 30.3 Å². The highest BCUT2D eigenvalue weighted by molar-refractivity contribution is 6.74. The van der Waals surface area contributed by atoms with Crippen LogP contribution in [0.5, 0.6) is 0 Å². The highest BCUT2D eigenvalue weighted by Crippen LogP contribution is 2.37. The van der Waals surface area contributed by atoms with E-state index in [-0.39, 0.29) is 11.1 Å². The van der Waals surface area contributed by atoms with Gasteiger partial charge in [0.1, 0.15) is 0 Å². The summed E-state index contributed by atoms with van der Waals surface area (Å²) in [5, 5.41) is 0.233. The van der Waals surface area contributed by atoms with Gasteiger partial charge < -0.3 is 10.2 Å². The zero-order valence-electron chi connectivity index (χ0n) is 12.4. The summed E-state index contributed by atoms with van der Waals surface area (Å²) in [4.78, 5) is 0. The maximum absolute atomic E-state index is 6.37. The molecular formula is C15H27NOSi. The molecule has 0 aliphatic carbocycles. The van der Waals surface area contributed by atoms with E-state index >= 15 is 0 Å². The molecule has 0 aromatic heterocycles. The Labute approximate surface area is 113 Å². The monoisotopic (exact) mass is 265 g/mol. The first-order valence-corrected chi connectivity index (χ1v) is 9.59. The maximum Gasteiger partial charge on any atom is 0.192 e. The Hall–Kier alpha value is -0.643. The maximum atomic E-state index is 6.37. The smallest absolute Gasteiger partial charge is 0.192 e. The molecule has 0 fully saturated rings. The van der Waals surface area contributed by atoms with Crippen LogP contribution in [0.25, 0.3) is 0 Å². The van der Waals surface area contributed by atoms with Crippen molar-refractivity contribution in [2.24, 2.45) is 5.73 Å². The summed E-state index contributed by atoms with van der Waals surface area (Å²) in [6.07, 6.45) is 1.04. The minimum atomic E-state index is -1.72. The molecule has 0 heterocycles. The van der Waals surface area contributed by atoms with Gasteiger partial charge in [0, 0.05) is 6.54 Å². The summed E-state index contributed by atoms with van der Waals surface area (Å²) in [6.45, 7) is 11.9. The Kier molecular flexibility index (Phi) is 5.14. The van der Waals surface area contributed by atoms with E-state index < -0.39 is 8.32 Å². The lowest BCUT2D eigenvalue weighted by Gasteiger charge is -2.39. The van der Waals surface area contributed by atoms with E-state index in [0.717, 1.165) is 6.42 Å². The van der Waals surface area contributed by atoms with Crippen molar-refractivity contribution in [1.82, 2.24) is 0 Å². The highest BCUT2D eigenvalue weighted by Gasteiger charge is 2.38. The van der Waals surface area contributed by atoms with E-state index in [9.17, 15) is 0 Å². The minimum absolute atomic E-state index is 0.133. The van der Waals surface area contributed by atoms with Gasteiger partial charge in [0.2, 0.25) is 0 Å². The van der Waals surface area contributed by atoms with Crippen LogP contribution >= 0.6 is 0 Å². The van der Waals surface area contributed by atoms with Crippen LogP contribution in [-0.2, 0) is 10.8 Å². The first kappa shape index (κ1) is 15.4. The second-order valence-corrected chi connectivity index (χ2v) is 11.2. The summed E-state index contributed by atoms with van der Waals surface area (Å²) >= 11 is 0. The third kappa shape index (κ3) is 4.23. The van der Waals surface area contributed by atoms with Crippen molar-refractivity contribution in [2.45, 2.75) is 51.4 Å². The van der Waals surface area contributed by atoms with Crippen LogP contribution in [0.4, 0.5) is 0 Å². The molecule has 18 heavy (non-hydrogen) atoms. The summed E-state index contributed by atoms with van der Waals surface area (Å²) in [5.41, 5.74) is 7.17. The molecule has 0 saturated heterocycles. The van der Waals surface area contributed by atoms with Gasteiger partial charge in [-0.15, -0.1) is 0 Å². The van der Waals surface area contributed by atoms with Crippen LogP contribution in [-0.4, -0.2) is 21.0 Å². The molecule has 0 aliphatic rings. The van der Waals surface area contributed by atoms with Gasteiger partial charge in [0.15, 0.2) is 8.32 Å². The molecule has 0 spiro atoms. The fourth-order valence-corrected chi connectivity index (χ4v) is 3.01. The third-order valence-electron chi connectivity index (χ3n) is 3.84. The van der Waals surface area contributed by atoms with Crippen molar-refractivity contribution in [3.63, 3.8) is 0 Å². The summed E-state index contributed by atoms with van der Waals surface area (Å²) in [6, 6.07) is 10.4. The van der Waals surface area contributed by atoms with Gasteiger partial charge in [-0.05, 0) is 30.1 Å². The molecule has 3 heteroatoms. The average Bonchev–Trinajstić information content (AvgIpc) is 2.27. The minimum Gasteiger partial charge on any atom is -0.412 e.